The maximum absolute atomic E-state index is 11.8. The summed E-state index contributed by atoms with van der Waals surface area (Å²) in [6.45, 7) is 2.14. The Morgan fingerprint density at radius 2 is 1.96 bits per heavy atom. The van der Waals surface area contributed by atoms with Gasteiger partial charge in [-0.05, 0) is 12.1 Å². The number of hydrogen-bond acceptors (Lipinski definition) is 7. The van der Waals surface area contributed by atoms with Crippen LogP contribution in [0.1, 0.15) is 5.56 Å². The highest BCUT2D eigenvalue weighted by Gasteiger charge is 2.33. The molecule has 0 unspecified atom stereocenters. The summed E-state index contributed by atoms with van der Waals surface area (Å²) >= 11 is 0. The number of aliphatic hydroxyl groups is 1. The van der Waals surface area contributed by atoms with Crippen LogP contribution < -0.4 is 9.64 Å². The largest absolute Gasteiger partial charge is 0.491 e. The third kappa shape index (κ3) is 4.27. The van der Waals surface area contributed by atoms with E-state index in [0.717, 1.165) is 5.56 Å². The number of benzene rings is 1. The van der Waals surface area contributed by atoms with Crippen LogP contribution in [0.2, 0.25) is 0 Å². The smallest absolute Gasteiger partial charge is 0.322 e. The Morgan fingerprint density at radius 3 is 2.69 bits per heavy atom. The fourth-order valence-electron chi connectivity index (χ4n) is 3.03. The van der Waals surface area contributed by atoms with Crippen LogP contribution in [0.4, 0.5) is 5.95 Å². The molecule has 1 aliphatic rings. The normalized spacial score (nSPS) is 17.9. The Morgan fingerprint density at radius 1 is 1.19 bits per heavy atom. The molecular weight excluding hydrogens is 336 g/mol. The number of nitrogens with zero attached hydrogens (tertiary/aromatic N) is 4. The predicted molar refractivity (Wildman–Crippen MR) is 95.1 cm³/mol. The van der Waals surface area contributed by atoms with E-state index in [-0.39, 0.29) is 13.2 Å². The molecule has 0 amide bonds. The van der Waals surface area contributed by atoms with Crippen LogP contribution in [-0.4, -0.2) is 69.9 Å². The summed E-state index contributed by atoms with van der Waals surface area (Å²) in [6, 6.07) is 8.56. The first-order valence-corrected chi connectivity index (χ1v) is 8.49. The van der Waals surface area contributed by atoms with Crippen molar-refractivity contribution in [1.82, 2.24) is 14.9 Å². The Bertz CT molecular complexity index is 728. The zero-order valence-electron chi connectivity index (χ0n) is 14.4. The van der Waals surface area contributed by atoms with Crippen molar-refractivity contribution >= 4 is 11.9 Å². The molecule has 1 aromatic heterocycles. The quantitative estimate of drug-likeness (QED) is 0.743. The van der Waals surface area contributed by atoms with Gasteiger partial charge < -0.3 is 19.8 Å². The van der Waals surface area contributed by atoms with E-state index in [1.165, 1.54) is 0 Å². The molecule has 1 atom stereocenters. The molecule has 1 aliphatic heterocycles. The summed E-state index contributed by atoms with van der Waals surface area (Å²) in [5, 5.41) is 18.7. The molecule has 2 heterocycles. The van der Waals surface area contributed by atoms with Gasteiger partial charge in [-0.3, -0.25) is 9.69 Å². The second kappa shape index (κ2) is 8.59. The van der Waals surface area contributed by atoms with Crippen molar-refractivity contribution in [3.8, 4) is 5.75 Å². The molecule has 2 N–H and O–H groups in total. The van der Waals surface area contributed by atoms with Crippen molar-refractivity contribution in [2.45, 2.75) is 12.6 Å². The Hall–Kier alpha value is -2.71. The number of carbonyl (C=O) groups is 1. The Balaban J connectivity index is 1.73. The average Bonchev–Trinajstić information content (AvgIpc) is 2.68. The molecule has 0 aliphatic carbocycles. The van der Waals surface area contributed by atoms with Gasteiger partial charge in [-0.25, -0.2) is 9.97 Å². The number of carboxylic acid groups (broad SMARTS) is 1. The molecule has 0 saturated carbocycles. The molecular formula is C18H22N4O4. The summed E-state index contributed by atoms with van der Waals surface area (Å²) in [5.74, 6) is 0.337. The van der Waals surface area contributed by atoms with Crippen molar-refractivity contribution in [3.63, 3.8) is 0 Å². The zero-order valence-corrected chi connectivity index (χ0v) is 14.4. The van der Waals surface area contributed by atoms with Crippen molar-refractivity contribution in [1.29, 1.82) is 0 Å². The highest BCUT2D eigenvalue weighted by Crippen LogP contribution is 2.23. The number of piperazine rings is 1. The minimum absolute atomic E-state index is 0.0676. The van der Waals surface area contributed by atoms with Crippen LogP contribution >= 0.6 is 0 Å². The van der Waals surface area contributed by atoms with E-state index in [1.807, 2.05) is 34.1 Å². The van der Waals surface area contributed by atoms with Gasteiger partial charge in [0.2, 0.25) is 5.95 Å². The van der Waals surface area contributed by atoms with Gasteiger partial charge >= 0.3 is 5.97 Å². The van der Waals surface area contributed by atoms with Crippen LogP contribution in [0.3, 0.4) is 0 Å². The molecule has 0 bridgehead atoms. The van der Waals surface area contributed by atoms with Gasteiger partial charge in [0.25, 0.3) is 0 Å². The number of ether oxygens (including phenoxy) is 1. The van der Waals surface area contributed by atoms with Crippen molar-refractivity contribution < 1.29 is 19.7 Å². The lowest BCUT2D eigenvalue weighted by Crippen LogP contribution is -2.56. The van der Waals surface area contributed by atoms with Crippen LogP contribution in [0, 0.1) is 0 Å². The SMILES string of the molecule is O=C(O)[C@@H]1CN(c2ncccn2)CCN1Cc1ccccc1OCCO. The summed E-state index contributed by atoms with van der Waals surface area (Å²) in [4.78, 5) is 24.1. The number of aromatic nitrogens is 2. The topological polar surface area (TPSA) is 99.0 Å². The Kier molecular flexibility index (Phi) is 5.98. The average molecular weight is 358 g/mol. The summed E-state index contributed by atoms with van der Waals surface area (Å²) in [5.41, 5.74) is 0.900. The molecule has 1 saturated heterocycles. The highest BCUT2D eigenvalue weighted by atomic mass is 16.5. The second-order valence-corrected chi connectivity index (χ2v) is 6.00. The number of carboxylic acids is 1. The molecule has 1 fully saturated rings. The molecule has 2 aromatic rings. The highest BCUT2D eigenvalue weighted by molar-refractivity contribution is 5.74. The van der Waals surface area contributed by atoms with Crippen LogP contribution in [0.25, 0.3) is 0 Å². The number of rotatable bonds is 7. The van der Waals surface area contributed by atoms with Crippen LogP contribution in [0.15, 0.2) is 42.7 Å². The summed E-state index contributed by atoms with van der Waals surface area (Å²) in [7, 11) is 0. The van der Waals surface area contributed by atoms with Crippen molar-refractivity contribution in [2.24, 2.45) is 0 Å². The molecule has 138 valence electrons. The third-order valence-corrected chi connectivity index (χ3v) is 4.31. The van der Waals surface area contributed by atoms with Crippen LogP contribution in [-0.2, 0) is 11.3 Å². The number of anilines is 1. The fourth-order valence-corrected chi connectivity index (χ4v) is 3.03. The zero-order chi connectivity index (χ0) is 18.4. The lowest BCUT2D eigenvalue weighted by atomic mass is 10.1. The third-order valence-electron chi connectivity index (χ3n) is 4.31. The molecule has 3 rings (SSSR count). The summed E-state index contributed by atoms with van der Waals surface area (Å²) in [6.07, 6.45) is 3.30. The van der Waals surface area contributed by atoms with Gasteiger partial charge in [0.05, 0.1) is 6.61 Å². The standard InChI is InChI=1S/C18H22N4O4/c23-10-11-26-16-5-2-1-4-14(16)12-21-8-9-22(13-15(21)17(24)25)18-19-6-3-7-20-18/h1-7,15,23H,8-13H2,(H,24,25)/t15-/m0/s1. The molecule has 0 radical (unpaired) electrons. The second-order valence-electron chi connectivity index (χ2n) is 6.00. The van der Waals surface area contributed by atoms with E-state index in [9.17, 15) is 9.90 Å². The van der Waals surface area contributed by atoms with Crippen molar-refractivity contribution in [2.75, 3.05) is 37.7 Å². The maximum Gasteiger partial charge on any atom is 0.322 e. The predicted octanol–water partition coefficient (Wildman–Crippen LogP) is 0.623. The van der Waals surface area contributed by atoms with E-state index in [0.29, 0.717) is 37.9 Å². The molecule has 8 heteroatoms. The number of aliphatic hydroxyl groups excluding tert-OH is 1. The van der Waals surface area contributed by atoms with E-state index in [1.54, 1.807) is 18.5 Å². The lowest BCUT2D eigenvalue weighted by molar-refractivity contribution is -0.143. The van der Waals surface area contributed by atoms with Gasteiger partial charge in [-0.2, -0.15) is 0 Å². The molecule has 0 spiro atoms. The van der Waals surface area contributed by atoms with E-state index >= 15 is 0 Å². The number of hydrogen-bond donors (Lipinski definition) is 2. The minimum Gasteiger partial charge on any atom is -0.491 e. The summed E-state index contributed by atoms with van der Waals surface area (Å²) < 4.78 is 5.56. The van der Waals surface area contributed by atoms with Crippen LogP contribution in [0.5, 0.6) is 5.75 Å². The first kappa shape index (κ1) is 18.1. The van der Waals surface area contributed by atoms with E-state index in [2.05, 4.69) is 9.97 Å². The first-order valence-electron chi connectivity index (χ1n) is 8.49. The van der Waals surface area contributed by atoms with Gasteiger partial charge in [0.1, 0.15) is 18.4 Å². The van der Waals surface area contributed by atoms with Gasteiger partial charge in [0, 0.05) is 44.1 Å². The number of para-hydroxylation sites is 1. The van der Waals surface area contributed by atoms with E-state index < -0.39 is 12.0 Å². The minimum atomic E-state index is -0.876. The van der Waals surface area contributed by atoms with E-state index in [4.69, 9.17) is 9.84 Å². The maximum atomic E-state index is 11.8. The number of aliphatic carboxylic acids is 1. The van der Waals surface area contributed by atoms with Gasteiger partial charge in [-0.1, -0.05) is 18.2 Å². The lowest BCUT2D eigenvalue weighted by Gasteiger charge is -2.39. The first-order chi connectivity index (χ1) is 12.7. The monoisotopic (exact) mass is 358 g/mol. The molecule has 8 nitrogen and oxygen atoms in total. The molecule has 1 aromatic carbocycles. The van der Waals surface area contributed by atoms with Gasteiger partial charge in [-0.15, -0.1) is 0 Å². The van der Waals surface area contributed by atoms with Gasteiger partial charge in [0.15, 0.2) is 0 Å². The fraction of sp³-hybridized carbons (Fsp3) is 0.389. The Labute approximate surface area is 151 Å². The molecule has 26 heavy (non-hydrogen) atoms. The van der Waals surface area contributed by atoms with Crippen molar-refractivity contribution in [3.05, 3.63) is 48.3 Å².